The van der Waals surface area contributed by atoms with Crippen molar-refractivity contribution in [1.29, 1.82) is 0 Å². The van der Waals surface area contributed by atoms with Gasteiger partial charge in [-0.2, -0.15) is 0 Å². The van der Waals surface area contributed by atoms with Crippen LogP contribution in [0.25, 0.3) is 0 Å². The van der Waals surface area contributed by atoms with E-state index in [1.54, 1.807) is 0 Å². The Labute approximate surface area is 140 Å². The summed E-state index contributed by atoms with van der Waals surface area (Å²) in [6, 6.07) is 7.93. The van der Waals surface area contributed by atoms with Crippen LogP contribution in [0.3, 0.4) is 0 Å². The van der Waals surface area contributed by atoms with E-state index in [9.17, 15) is 9.90 Å². The lowest BCUT2D eigenvalue weighted by atomic mass is 9.57. The standard InChI is InChI=1S/C21H30O2/c1-2-3-16-12-14-21(15-13-16,17-4-8-19(22)9-5-17)18-6-10-20(23)11-7-18/h4-5,8-9,16,18,22H,2-3,6-7,10-15H2,1H3. The molecule has 2 fully saturated rings. The summed E-state index contributed by atoms with van der Waals surface area (Å²) in [5.74, 6) is 2.31. The summed E-state index contributed by atoms with van der Waals surface area (Å²) in [4.78, 5) is 11.7. The molecule has 3 rings (SSSR count). The molecule has 0 unspecified atom stereocenters. The molecule has 2 heteroatoms. The molecule has 1 aromatic rings. The molecular formula is C21H30O2. The quantitative estimate of drug-likeness (QED) is 0.810. The number of carbonyl (C=O) groups is 1. The Hall–Kier alpha value is -1.31. The number of Topliss-reactive ketones (excluding diaryl/α,β-unsaturated/α-hetero) is 1. The summed E-state index contributed by atoms with van der Waals surface area (Å²) >= 11 is 0. The first kappa shape index (κ1) is 16.5. The lowest BCUT2D eigenvalue weighted by Gasteiger charge is -2.47. The van der Waals surface area contributed by atoms with Gasteiger partial charge in [0.2, 0.25) is 0 Å². The van der Waals surface area contributed by atoms with Gasteiger partial charge in [0.05, 0.1) is 0 Å². The van der Waals surface area contributed by atoms with Crippen molar-refractivity contribution in [1.82, 2.24) is 0 Å². The van der Waals surface area contributed by atoms with Gasteiger partial charge in [0.25, 0.3) is 0 Å². The highest BCUT2D eigenvalue weighted by Gasteiger charge is 2.43. The predicted octanol–water partition coefficient (Wildman–Crippen LogP) is 5.38. The molecule has 0 amide bonds. The number of benzene rings is 1. The summed E-state index contributed by atoms with van der Waals surface area (Å²) in [6.45, 7) is 2.29. The first-order valence-electron chi connectivity index (χ1n) is 9.45. The van der Waals surface area contributed by atoms with E-state index >= 15 is 0 Å². The van der Waals surface area contributed by atoms with Crippen LogP contribution in [0.2, 0.25) is 0 Å². The van der Waals surface area contributed by atoms with Crippen LogP contribution in [0.1, 0.15) is 76.7 Å². The zero-order valence-electron chi connectivity index (χ0n) is 14.4. The molecule has 2 nitrogen and oxygen atoms in total. The Morgan fingerprint density at radius 1 is 1.04 bits per heavy atom. The number of phenolic OH excluding ortho intramolecular Hbond substituents is 1. The summed E-state index contributed by atoms with van der Waals surface area (Å²) in [5, 5.41) is 9.65. The van der Waals surface area contributed by atoms with Crippen molar-refractivity contribution in [2.75, 3.05) is 0 Å². The number of hydrogen-bond acceptors (Lipinski definition) is 2. The molecule has 0 heterocycles. The highest BCUT2D eigenvalue weighted by molar-refractivity contribution is 5.79. The molecule has 0 radical (unpaired) electrons. The van der Waals surface area contributed by atoms with Crippen molar-refractivity contribution in [3.63, 3.8) is 0 Å². The Morgan fingerprint density at radius 3 is 2.22 bits per heavy atom. The molecule has 2 aliphatic carbocycles. The van der Waals surface area contributed by atoms with Crippen molar-refractivity contribution < 1.29 is 9.90 Å². The second-order valence-electron chi connectivity index (χ2n) is 7.75. The van der Waals surface area contributed by atoms with Gasteiger partial charge in [-0.15, -0.1) is 0 Å². The van der Waals surface area contributed by atoms with Crippen LogP contribution in [0.15, 0.2) is 24.3 Å². The minimum atomic E-state index is 0.235. The third-order valence-electron chi connectivity index (χ3n) is 6.46. The molecule has 0 spiro atoms. The molecule has 126 valence electrons. The molecule has 1 N–H and O–H groups in total. The maximum absolute atomic E-state index is 11.7. The molecule has 2 saturated carbocycles. The second kappa shape index (κ2) is 7.07. The number of rotatable bonds is 4. The topological polar surface area (TPSA) is 37.3 Å². The van der Waals surface area contributed by atoms with Crippen molar-refractivity contribution in [2.45, 2.75) is 76.5 Å². The fourth-order valence-corrected chi connectivity index (χ4v) is 5.11. The zero-order chi connectivity index (χ0) is 16.3. The van der Waals surface area contributed by atoms with Gasteiger partial charge in [-0.1, -0.05) is 31.9 Å². The maximum Gasteiger partial charge on any atom is 0.132 e. The van der Waals surface area contributed by atoms with Crippen LogP contribution in [0, 0.1) is 11.8 Å². The molecule has 0 atom stereocenters. The lowest BCUT2D eigenvalue weighted by molar-refractivity contribution is -0.121. The van der Waals surface area contributed by atoms with Crippen LogP contribution in [0.5, 0.6) is 5.75 Å². The van der Waals surface area contributed by atoms with E-state index in [-0.39, 0.29) is 5.41 Å². The first-order valence-corrected chi connectivity index (χ1v) is 9.45. The van der Waals surface area contributed by atoms with Crippen LogP contribution in [0.4, 0.5) is 0 Å². The van der Waals surface area contributed by atoms with Gasteiger partial charge in [-0.25, -0.2) is 0 Å². The normalized spacial score (nSPS) is 29.6. The highest BCUT2D eigenvalue weighted by atomic mass is 16.3. The number of aromatic hydroxyl groups is 1. The molecule has 2 aliphatic rings. The number of hydrogen-bond donors (Lipinski definition) is 1. The van der Waals surface area contributed by atoms with Crippen molar-refractivity contribution in [3.8, 4) is 5.75 Å². The van der Waals surface area contributed by atoms with Gasteiger partial charge >= 0.3 is 0 Å². The molecule has 0 saturated heterocycles. The fourth-order valence-electron chi connectivity index (χ4n) is 5.11. The summed E-state index contributed by atoms with van der Waals surface area (Å²) < 4.78 is 0. The Balaban J connectivity index is 1.84. The average molecular weight is 314 g/mol. The Kier molecular flexibility index (Phi) is 5.08. The van der Waals surface area contributed by atoms with Gasteiger partial charge in [0.15, 0.2) is 0 Å². The Bertz CT molecular complexity index is 513. The van der Waals surface area contributed by atoms with Gasteiger partial charge in [0, 0.05) is 12.8 Å². The zero-order valence-corrected chi connectivity index (χ0v) is 14.4. The van der Waals surface area contributed by atoms with E-state index < -0.39 is 0 Å². The molecular weight excluding hydrogens is 284 g/mol. The number of ketones is 1. The van der Waals surface area contributed by atoms with Crippen LogP contribution >= 0.6 is 0 Å². The highest BCUT2D eigenvalue weighted by Crippen LogP contribution is 2.51. The van der Waals surface area contributed by atoms with Gasteiger partial charge in [-0.3, -0.25) is 4.79 Å². The number of phenols is 1. The van der Waals surface area contributed by atoms with E-state index in [1.807, 2.05) is 12.1 Å². The second-order valence-corrected chi connectivity index (χ2v) is 7.75. The maximum atomic E-state index is 11.7. The van der Waals surface area contributed by atoms with E-state index in [2.05, 4.69) is 19.1 Å². The molecule has 23 heavy (non-hydrogen) atoms. The molecule has 1 aromatic carbocycles. The summed E-state index contributed by atoms with van der Waals surface area (Å²) in [6.07, 6.45) is 11.4. The first-order chi connectivity index (χ1) is 11.1. The minimum Gasteiger partial charge on any atom is -0.508 e. The van der Waals surface area contributed by atoms with Crippen LogP contribution < -0.4 is 0 Å². The third-order valence-corrected chi connectivity index (χ3v) is 6.46. The van der Waals surface area contributed by atoms with Gasteiger partial charge in [-0.05, 0) is 73.5 Å². The van der Waals surface area contributed by atoms with Crippen molar-refractivity contribution in [3.05, 3.63) is 29.8 Å². The summed E-state index contributed by atoms with van der Waals surface area (Å²) in [7, 11) is 0. The largest absolute Gasteiger partial charge is 0.508 e. The van der Waals surface area contributed by atoms with E-state index in [4.69, 9.17) is 0 Å². The van der Waals surface area contributed by atoms with Crippen LogP contribution in [-0.4, -0.2) is 10.9 Å². The van der Waals surface area contributed by atoms with E-state index in [1.165, 1.54) is 44.1 Å². The molecule has 0 bridgehead atoms. The minimum absolute atomic E-state index is 0.235. The smallest absolute Gasteiger partial charge is 0.132 e. The molecule has 0 aromatic heterocycles. The van der Waals surface area contributed by atoms with Crippen molar-refractivity contribution in [2.24, 2.45) is 11.8 Å². The lowest BCUT2D eigenvalue weighted by Crippen LogP contribution is -2.41. The van der Waals surface area contributed by atoms with Gasteiger partial charge in [0.1, 0.15) is 11.5 Å². The van der Waals surface area contributed by atoms with Gasteiger partial charge < -0.3 is 5.11 Å². The number of carbonyl (C=O) groups excluding carboxylic acids is 1. The van der Waals surface area contributed by atoms with E-state index in [0.717, 1.165) is 31.6 Å². The van der Waals surface area contributed by atoms with Crippen molar-refractivity contribution >= 4 is 5.78 Å². The fraction of sp³-hybridized carbons (Fsp3) is 0.667. The summed E-state index contributed by atoms with van der Waals surface area (Å²) in [5.41, 5.74) is 1.63. The van der Waals surface area contributed by atoms with Crippen LogP contribution in [-0.2, 0) is 10.2 Å². The Morgan fingerprint density at radius 2 is 1.65 bits per heavy atom. The SMILES string of the molecule is CCCC1CCC(c2ccc(O)cc2)(C2CCC(=O)CC2)CC1. The van der Waals surface area contributed by atoms with E-state index in [0.29, 0.717) is 17.5 Å². The predicted molar refractivity (Wildman–Crippen MR) is 93.6 cm³/mol. The average Bonchev–Trinajstić information content (AvgIpc) is 2.57. The molecule has 0 aliphatic heterocycles. The monoisotopic (exact) mass is 314 g/mol. The third kappa shape index (κ3) is 3.46.